The van der Waals surface area contributed by atoms with E-state index < -0.39 is 0 Å². The van der Waals surface area contributed by atoms with Crippen LogP contribution in [0.4, 0.5) is 10.1 Å². The molecule has 2 rings (SSSR count). The zero-order chi connectivity index (χ0) is 21.1. The molecule has 0 aromatic heterocycles. The van der Waals surface area contributed by atoms with Crippen molar-refractivity contribution in [2.45, 2.75) is 32.2 Å². The van der Waals surface area contributed by atoms with E-state index in [0.717, 1.165) is 25.8 Å². The molecule has 2 N–H and O–H groups in total. The van der Waals surface area contributed by atoms with Gasteiger partial charge in [0.2, 0.25) is 5.91 Å². The van der Waals surface area contributed by atoms with Gasteiger partial charge in [-0.15, -0.1) is 24.0 Å². The second-order valence-corrected chi connectivity index (χ2v) is 7.31. The van der Waals surface area contributed by atoms with E-state index >= 15 is 0 Å². The number of piperidine rings is 1. The number of amides is 1. The molecule has 1 aliphatic rings. The number of carbonyl (C=O) groups is 1. The van der Waals surface area contributed by atoms with Crippen molar-refractivity contribution in [1.29, 1.82) is 0 Å². The van der Waals surface area contributed by atoms with E-state index in [2.05, 4.69) is 20.5 Å². The number of rotatable bonds is 9. The first-order valence-electron chi connectivity index (χ1n) is 10.3. The number of likely N-dealkylation sites (N-methyl/N-ethyl adjacent to an activating group) is 1. The highest BCUT2D eigenvalue weighted by Crippen LogP contribution is 2.22. The van der Waals surface area contributed by atoms with E-state index in [-0.39, 0.29) is 48.3 Å². The summed E-state index contributed by atoms with van der Waals surface area (Å²) >= 11 is 0. The van der Waals surface area contributed by atoms with Crippen LogP contribution in [0, 0.1) is 5.82 Å². The van der Waals surface area contributed by atoms with Crippen LogP contribution in [0.25, 0.3) is 0 Å². The van der Waals surface area contributed by atoms with Crippen molar-refractivity contribution < 1.29 is 13.9 Å². The first-order valence-corrected chi connectivity index (χ1v) is 10.3. The average molecular weight is 535 g/mol. The highest BCUT2D eigenvalue weighted by Gasteiger charge is 2.22. The topological polar surface area (TPSA) is 69.2 Å². The second kappa shape index (κ2) is 14.4. The first-order chi connectivity index (χ1) is 14.0. The fourth-order valence-corrected chi connectivity index (χ4v) is 3.18. The van der Waals surface area contributed by atoms with Gasteiger partial charge in [0.1, 0.15) is 12.4 Å². The van der Waals surface area contributed by atoms with Gasteiger partial charge in [-0.2, -0.15) is 0 Å². The lowest BCUT2D eigenvalue weighted by Gasteiger charge is -2.35. The van der Waals surface area contributed by atoms with Gasteiger partial charge in [-0.25, -0.2) is 9.38 Å². The Labute approximate surface area is 196 Å². The molecule has 9 heteroatoms. The molecule has 1 fully saturated rings. The Kier molecular flexibility index (Phi) is 12.7. The van der Waals surface area contributed by atoms with Crippen molar-refractivity contribution in [3.63, 3.8) is 0 Å². The minimum absolute atomic E-state index is 0. The largest absolute Gasteiger partial charge is 0.382 e. The quantitative estimate of drug-likeness (QED) is 0.220. The fraction of sp³-hybridized carbons (Fsp3) is 0.619. The minimum atomic E-state index is -0.201. The Morgan fingerprint density at radius 1 is 1.37 bits per heavy atom. The van der Waals surface area contributed by atoms with Crippen molar-refractivity contribution in [3.8, 4) is 0 Å². The van der Waals surface area contributed by atoms with Gasteiger partial charge in [-0.3, -0.25) is 4.79 Å². The number of benzene rings is 1. The van der Waals surface area contributed by atoms with Crippen LogP contribution in [0.3, 0.4) is 0 Å². The normalized spacial score (nSPS) is 16.6. The first kappa shape index (κ1) is 26.4. The number of carbonyl (C=O) groups excluding carboxylic acids is 1. The molecule has 1 aromatic rings. The molecule has 0 spiro atoms. The van der Waals surface area contributed by atoms with Crippen LogP contribution in [-0.2, 0) is 9.53 Å². The molecule has 0 aliphatic carbocycles. The monoisotopic (exact) mass is 535 g/mol. The maximum Gasteiger partial charge on any atom is 0.243 e. The Bertz CT molecular complexity index is 675. The number of aliphatic imine (C=N–C) groups is 1. The summed E-state index contributed by atoms with van der Waals surface area (Å²) in [5.41, 5.74) is 0.630. The van der Waals surface area contributed by atoms with Crippen LogP contribution in [-0.4, -0.2) is 76.3 Å². The van der Waals surface area contributed by atoms with Crippen LogP contribution < -0.4 is 15.5 Å². The van der Waals surface area contributed by atoms with Crippen molar-refractivity contribution in [1.82, 2.24) is 15.5 Å². The lowest BCUT2D eigenvalue weighted by atomic mass is 10.0. The van der Waals surface area contributed by atoms with E-state index in [1.54, 1.807) is 20.2 Å². The lowest BCUT2D eigenvalue weighted by Crippen LogP contribution is -2.51. The zero-order valence-corrected chi connectivity index (χ0v) is 20.5. The summed E-state index contributed by atoms with van der Waals surface area (Å²) < 4.78 is 19.5. The third-order valence-corrected chi connectivity index (χ3v) is 4.79. The van der Waals surface area contributed by atoms with Gasteiger partial charge in [0.25, 0.3) is 0 Å². The maximum atomic E-state index is 14.2. The average Bonchev–Trinajstić information content (AvgIpc) is 2.71. The molecule has 1 heterocycles. The SMILES string of the molecule is CCOCCCNC(=NCC(=O)N(C)C)NC1CCCN(c2ccccc2F)C1.I. The van der Waals surface area contributed by atoms with Gasteiger partial charge >= 0.3 is 0 Å². The molecule has 0 radical (unpaired) electrons. The highest BCUT2D eigenvalue weighted by molar-refractivity contribution is 14.0. The summed E-state index contributed by atoms with van der Waals surface area (Å²) in [6.45, 7) is 5.64. The highest BCUT2D eigenvalue weighted by atomic mass is 127. The van der Waals surface area contributed by atoms with Crippen molar-refractivity contribution >= 4 is 41.5 Å². The summed E-state index contributed by atoms with van der Waals surface area (Å²) in [7, 11) is 3.43. The predicted molar refractivity (Wildman–Crippen MR) is 130 cm³/mol. The van der Waals surface area contributed by atoms with E-state index in [9.17, 15) is 9.18 Å². The Balaban J connectivity index is 0.00000450. The molecular weight excluding hydrogens is 500 g/mol. The molecule has 0 saturated carbocycles. The van der Waals surface area contributed by atoms with Gasteiger partial charge in [0.15, 0.2) is 5.96 Å². The standard InChI is InChI=1S/C21H34FN5O2.HI/c1-4-29-14-8-12-23-21(24-15-20(28)26(2)3)25-17-9-7-13-27(16-17)19-11-6-5-10-18(19)22;/h5-6,10-11,17H,4,7-9,12-16H2,1-3H3,(H2,23,24,25);1H. The number of ether oxygens (including phenoxy) is 1. The third kappa shape index (κ3) is 9.03. The molecule has 1 saturated heterocycles. The zero-order valence-electron chi connectivity index (χ0n) is 18.2. The number of para-hydroxylation sites is 1. The molecule has 30 heavy (non-hydrogen) atoms. The molecule has 1 atom stereocenters. The van der Waals surface area contributed by atoms with Crippen molar-refractivity contribution in [2.24, 2.45) is 4.99 Å². The molecular formula is C21H35FIN5O2. The van der Waals surface area contributed by atoms with Crippen LogP contribution in [0.1, 0.15) is 26.2 Å². The summed E-state index contributed by atoms with van der Waals surface area (Å²) in [4.78, 5) is 20.0. The lowest BCUT2D eigenvalue weighted by molar-refractivity contribution is -0.127. The molecule has 170 valence electrons. The number of nitrogens with zero attached hydrogens (tertiary/aromatic N) is 3. The predicted octanol–water partition coefficient (Wildman–Crippen LogP) is 2.46. The number of guanidine groups is 1. The third-order valence-electron chi connectivity index (χ3n) is 4.79. The van der Waals surface area contributed by atoms with Crippen molar-refractivity contribution in [2.75, 3.05) is 58.4 Å². The van der Waals surface area contributed by atoms with E-state index in [1.165, 1.54) is 11.0 Å². The molecule has 1 aliphatic heterocycles. The molecule has 1 aromatic carbocycles. The maximum absolute atomic E-state index is 14.2. The minimum Gasteiger partial charge on any atom is -0.382 e. The molecule has 0 bridgehead atoms. The smallest absolute Gasteiger partial charge is 0.243 e. The van der Waals surface area contributed by atoms with Crippen LogP contribution in [0.5, 0.6) is 0 Å². The van der Waals surface area contributed by atoms with Crippen LogP contribution in [0.2, 0.25) is 0 Å². The molecule has 1 amide bonds. The summed E-state index contributed by atoms with van der Waals surface area (Å²) in [5.74, 6) is 0.349. The van der Waals surface area contributed by atoms with Gasteiger partial charge in [-0.05, 0) is 38.3 Å². The second-order valence-electron chi connectivity index (χ2n) is 7.31. The number of hydrogen-bond acceptors (Lipinski definition) is 4. The molecule has 7 nitrogen and oxygen atoms in total. The molecule has 1 unspecified atom stereocenters. The van der Waals surface area contributed by atoms with E-state index in [1.807, 2.05) is 19.1 Å². The fourth-order valence-electron chi connectivity index (χ4n) is 3.18. The number of halogens is 2. The summed E-state index contributed by atoms with van der Waals surface area (Å²) in [6, 6.07) is 6.99. The van der Waals surface area contributed by atoms with Crippen LogP contribution >= 0.6 is 24.0 Å². The Morgan fingerprint density at radius 3 is 2.83 bits per heavy atom. The number of nitrogens with one attached hydrogen (secondary N) is 2. The Morgan fingerprint density at radius 2 is 2.13 bits per heavy atom. The number of anilines is 1. The van der Waals surface area contributed by atoms with Crippen LogP contribution in [0.15, 0.2) is 29.3 Å². The Hall–Kier alpha value is -1.62. The summed E-state index contributed by atoms with van der Waals surface area (Å²) in [6.07, 6.45) is 2.77. The summed E-state index contributed by atoms with van der Waals surface area (Å²) in [5, 5.41) is 6.71. The van der Waals surface area contributed by atoms with Gasteiger partial charge in [0.05, 0.1) is 5.69 Å². The van der Waals surface area contributed by atoms with Crippen molar-refractivity contribution in [3.05, 3.63) is 30.1 Å². The van der Waals surface area contributed by atoms with E-state index in [0.29, 0.717) is 38.0 Å². The van der Waals surface area contributed by atoms with Gasteiger partial charge in [-0.1, -0.05) is 12.1 Å². The number of hydrogen-bond donors (Lipinski definition) is 2. The van der Waals surface area contributed by atoms with Gasteiger partial charge < -0.3 is 25.2 Å². The van der Waals surface area contributed by atoms with Gasteiger partial charge in [0, 0.05) is 53.0 Å². The van der Waals surface area contributed by atoms with E-state index in [4.69, 9.17) is 4.74 Å².